The Labute approximate surface area is 199 Å². The SMILES string of the molecule is CCCCOCCOCCN=C(NCC)NC1CCN(c2cccc(C)n2)CC1.I. The van der Waals surface area contributed by atoms with Gasteiger partial charge in [-0.05, 0) is 45.2 Å². The summed E-state index contributed by atoms with van der Waals surface area (Å²) in [7, 11) is 0. The number of aliphatic imine (C=N–C) groups is 1. The molecule has 0 aliphatic carbocycles. The Morgan fingerprint density at radius 2 is 1.87 bits per heavy atom. The molecule has 2 N–H and O–H groups in total. The van der Waals surface area contributed by atoms with Crippen molar-refractivity contribution in [3.63, 3.8) is 0 Å². The van der Waals surface area contributed by atoms with Gasteiger partial charge in [-0.2, -0.15) is 0 Å². The van der Waals surface area contributed by atoms with Crippen LogP contribution in [0, 0.1) is 6.92 Å². The van der Waals surface area contributed by atoms with Gasteiger partial charge < -0.3 is 25.0 Å². The molecule has 8 heteroatoms. The lowest BCUT2D eigenvalue weighted by molar-refractivity contribution is 0.0497. The van der Waals surface area contributed by atoms with Crippen LogP contribution in [0.2, 0.25) is 0 Å². The second-order valence-corrected chi connectivity index (χ2v) is 7.38. The van der Waals surface area contributed by atoms with Gasteiger partial charge in [0.2, 0.25) is 0 Å². The lowest BCUT2D eigenvalue weighted by atomic mass is 10.1. The number of unbranched alkanes of at least 4 members (excludes halogenated alkanes) is 1. The molecule has 0 amide bonds. The number of nitrogens with zero attached hydrogens (tertiary/aromatic N) is 3. The molecule has 0 atom stereocenters. The molecular formula is C22H40IN5O2. The van der Waals surface area contributed by atoms with Gasteiger partial charge in [0.1, 0.15) is 5.82 Å². The smallest absolute Gasteiger partial charge is 0.191 e. The summed E-state index contributed by atoms with van der Waals surface area (Å²) in [6.07, 6.45) is 4.43. The highest BCUT2D eigenvalue weighted by molar-refractivity contribution is 14.0. The lowest BCUT2D eigenvalue weighted by Crippen LogP contribution is -2.49. The van der Waals surface area contributed by atoms with Crippen LogP contribution in [0.5, 0.6) is 0 Å². The molecule has 0 saturated carbocycles. The number of aromatic nitrogens is 1. The fraction of sp³-hybridized carbons (Fsp3) is 0.727. The van der Waals surface area contributed by atoms with Gasteiger partial charge in [-0.25, -0.2) is 4.98 Å². The topological polar surface area (TPSA) is 71.0 Å². The number of hydrogen-bond acceptors (Lipinski definition) is 5. The van der Waals surface area contributed by atoms with Crippen LogP contribution in [0.3, 0.4) is 0 Å². The minimum atomic E-state index is 0. The predicted molar refractivity (Wildman–Crippen MR) is 135 cm³/mol. The molecule has 0 radical (unpaired) electrons. The molecular weight excluding hydrogens is 493 g/mol. The maximum absolute atomic E-state index is 5.60. The number of nitrogens with one attached hydrogen (secondary N) is 2. The number of hydrogen-bond donors (Lipinski definition) is 2. The number of guanidine groups is 1. The van der Waals surface area contributed by atoms with Gasteiger partial charge in [-0.15, -0.1) is 24.0 Å². The van der Waals surface area contributed by atoms with E-state index in [0.29, 0.717) is 32.4 Å². The van der Waals surface area contributed by atoms with Gasteiger partial charge in [0.05, 0.1) is 26.4 Å². The number of rotatable bonds is 12. The number of aryl methyl sites for hydroxylation is 1. The fourth-order valence-corrected chi connectivity index (χ4v) is 3.26. The Hall–Kier alpha value is -1.13. The van der Waals surface area contributed by atoms with Crippen LogP contribution in [0.1, 0.15) is 45.2 Å². The van der Waals surface area contributed by atoms with Gasteiger partial charge in [-0.3, -0.25) is 4.99 Å². The summed E-state index contributed by atoms with van der Waals surface area (Å²) < 4.78 is 11.1. The van der Waals surface area contributed by atoms with Crippen molar-refractivity contribution < 1.29 is 9.47 Å². The van der Waals surface area contributed by atoms with Crippen molar-refractivity contribution >= 4 is 35.8 Å². The molecule has 2 rings (SSSR count). The first-order valence-corrected chi connectivity index (χ1v) is 11.1. The lowest BCUT2D eigenvalue weighted by Gasteiger charge is -2.34. The molecule has 1 fully saturated rings. The first kappa shape index (κ1) is 26.9. The summed E-state index contributed by atoms with van der Waals surface area (Å²) in [5, 5.41) is 6.92. The Kier molecular flexibility index (Phi) is 14.8. The zero-order chi connectivity index (χ0) is 20.7. The van der Waals surface area contributed by atoms with E-state index >= 15 is 0 Å². The van der Waals surface area contributed by atoms with E-state index in [1.54, 1.807) is 0 Å². The number of halogens is 1. The number of ether oxygens (including phenoxy) is 2. The molecule has 1 saturated heterocycles. The molecule has 172 valence electrons. The quantitative estimate of drug-likeness (QED) is 0.186. The summed E-state index contributed by atoms with van der Waals surface area (Å²) in [4.78, 5) is 11.7. The van der Waals surface area contributed by atoms with Gasteiger partial charge in [0.15, 0.2) is 5.96 Å². The third kappa shape index (κ3) is 10.8. The average Bonchev–Trinajstić information content (AvgIpc) is 2.73. The largest absolute Gasteiger partial charge is 0.379 e. The van der Waals surface area contributed by atoms with E-state index in [-0.39, 0.29) is 24.0 Å². The van der Waals surface area contributed by atoms with Crippen molar-refractivity contribution in [2.24, 2.45) is 4.99 Å². The number of piperidine rings is 1. The summed E-state index contributed by atoms with van der Waals surface area (Å²) in [5.74, 6) is 1.96. The minimum Gasteiger partial charge on any atom is -0.379 e. The van der Waals surface area contributed by atoms with Crippen LogP contribution in [-0.2, 0) is 9.47 Å². The standard InChI is InChI=1S/C22H39N5O2.HI/c1-4-6-15-28-17-18-29-16-12-24-22(23-5-2)26-20-10-13-27(14-11-20)21-9-7-8-19(3)25-21;/h7-9,20H,4-6,10-18H2,1-3H3,(H2,23,24,26);1H. The molecule has 1 aromatic heterocycles. The van der Waals surface area contributed by atoms with Crippen molar-refractivity contribution in [3.05, 3.63) is 23.9 Å². The monoisotopic (exact) mass is 533 g/mol. The Morgan fingerprint density at radius 3 is 2.53 bits per heavy atom. The Bertz CT molecular complexity index is 595. The first-order chi connectivity index (χ1) is 14.2. The molecule has 0 aromatic carbocycles. The summed E-state index contributed by atoms with van der Waals surface area (Å²) in [6.45, 7) is 12.6. The number of anilines is 1. The van der Waals surface area contributed by atoms with Gasteiger partial charge >= 0.3 is 0 Å². The van der Waals surface area contributed by atoms with Crippen molar-refractivity contribution in [2.45, 2.75) is 52.5 Å². The van der Waals surface area contributed by atoms with Gasteiger partial charge in [-0.1, -0.05) is 19.4 Å². The molecule has 1 aliphatic heterocycles. The molecule has 7 nitrogen and oxygen atoms in total. The fourth-order valence-electron chi connectivity index (χ4n) is 3.26. The summed E-state index contributed by atoms with van der Waals surface area (Å²) >= 11 is 0. The molecule has 2 heterocycles. The Morgan fingerprint density at radius 1 is 1.13 bits per heavy atom. The van der Waals surface area contributed by atoms with Gasteiger partial charge in [0.25, 0.3) is 0 Å². The molecule has 1 aromatic rings. The van der Waals surface area contributed by atoms with E-state index in [1.165, 1.54) is 0 Å². The summed E-state index contributed by atoms with van der Waals surface area (Å²) in [5.41, 5.74) is 1.07. The summed E-state index contributed by atoms with van der Waals surface area (Å²) in [6, 6.07) is 6.65. The highest BCUT2D eigenvalue weighted by Crippen LogP contribution is 2.18. The minimum absolute atomic E-state index is 0. The maximum Gasteiger partial charge on any atom is 0.191 e. The highest BCUT2D eigenvalue weighted by atomic mass is 127. The highest BCUT2D eigenvalue weighted by Gasteiger charge is 2.20. The van der Waals surface area contributed by atoms with Crippen LogP contribution in [-0.4, -0.2) is 69.6 Å². The van der Waals surface area contributed by atoms with E-state index in [0.717, 1.165) is 69.4 Å². The maximum atomic E-state index is 5.60. The van der Waals surface area contributed by atoms with Crippen LogP contribution in [0.15, 0.2) is 23.2 Å². The van der Waals surface area contributed by atoms with E-state index in [9.17, 15) is 0 Å². The average molecular weight is 533 g/mol. The molecule has 30 heavy (non-hydrogen) atoms. The second-order valence-electron chi connectivity index (χ2n) is 7.38. The molecule has 0 bridgehead atoms. The molecule has 0 spiro atoms. The van der Waals surface area contributed by atoms with Crippen molar-refractivity contribution in [3.8, 4) is 0 Å². The van der Waals surface area contributed by atoms with E-state index in [2.05, 4.69) is 51.5 Å². The van der Waals surface area contributed by atoms with Crippen LogP contribution in [0.4, 0.5) is 5.82 Å². The van der Waals surface area contributed by atoms with Crippen molar-refractivity contribution in [1.29, 1.82) is 0 Å². The van der Waals surface area contributed by atoms with Gasteiger partial charge in [0, 0.05) is 38.0 Å². The zero-order valence-electron chi connectivity index (χ0n) is 18.9. The second kappa shape index (κ2) is 16.5. The normalized spacial score (nSPS) is 15.0. The van der Waals surface area contributed by atoms with Crippen LogP contribution in [0.25, 0.3) is 0 Å². The predicted octanol–water partition coefficient (Wildman–Crippen LogP) is 3.37. The number of pyridine rings is 1. The van der Waals surface area contributed by atoms with E-state index < -0.39 is 0 Å². The zero-order valence-corrected chi connectivity index (χ0v) is 21.2. The third-order valence-corrected chi connectivity index (χ3v) is 4.90. The van der Waals surface area contributed by atoms with E-state index in [1.807, 2.05) is 13.0 Å². The van der Waals surface area contributed by atoms with E-state index in [4.69, 9.17) is 9.47 Å². The third-order valence-electron chi connectivity index (χ3n) is 4.90. The Balaban J connectivity index is 0.00000450. The first-order valence-electron chi connectivity index (χ1n) is 11.1. The van der Waals surface area contributed by atoms with Crippen LogP contribution >= 0.6 is 24.0 Å². The van der Waals surface area contributed by atoms with Crippen molar-refractivity contribution in [1.82, 2.24) is 15.6 Å². The molecule has 0 unspecified atom stereocenters. The van der Waals surface area contributed by atoms with Crippen LogP contribution < -0.4 is 15.5 Å². The van der Waals surface area contributed by atoms with Crippen molar-refractivity contribution in [2.75, 3.05) is 57.5 Å². The molecule has 1 aliphatic rings.